The van der Waals surface area contributed by atoms with E-state index in [0.717, 1.165) is 39.5 Å². The third kappa shape index (κ3) is 3.70. The van der Waals surface area contributed by atoms with E-state index < -0.39 is 6.98 Å². The first-order chi connectivity index (χ1) is 20.1. The van der Waals surface area contributed by atoms with Crippen LogP contribution in [0.5, 0.6) is 0 Å². The van der Waals surface area contributed by atoms with Crippen LogP contribution in [0.25, 0.3) is 27.6 Å². The first-order valence-corrected chi connectivity index (χ1v) is 13.3. The molecule has 1 aliphatic rings. The second-order valence-electron chi connectivity index (χ2n) is 10.9. The lowest BCUT2D eigenvalue weighted by Gasteiger charge is -2.28. The van der Waals surface area contributed by atoms with Crippen molar-refractivity contribution in [3.05, 3.63) is 126 Å². The maximum absolute atomic E-state index is 8.09. The van der Waals surface area contributed by atoms with Crippen LogP contribution in [0.2, 0.25) is 0 Å². The number of rotatable bonds is 4. The van der Waals surface area contributed by atoms with Crippen molar-refractivity contribution in [3.63, 3.8) is 0 Å². The van der Waals surface area contributed by atoms with Crippen LogP contribution in [0.3, 0.4) is 0 Å². The number of pyridine rings is 1. The van der Waals surface area contributed by atoms with E-state index in [1.165, 1.54) is 26.8 Å². The molecule has 192 valence electrons. The van der Waals surface area contributed by atoms with Crippen LogP contribution in [0.4, 0.5) is 17.1 Å². The number of hydrogen-bond acceptors (Lipinski definition) is 3. The van der Waals surface area contributed by atoms with Crippen LogP contribution < -0.4 is 9.80 Å². The molecule has 3 heterocycles. The fourth-order valence-corrected chi connectivity index (χ4v) is 5.91. The Bertz CT molecular complexity index is 1970. The summed E-state index contributed by atoms with van der Waals surface area (Å²) in [7, 11) is 0. The van der Waals surface area contributed by atoms with E-state index in [0.29, 0.717) is 0 Å². The van der Waals surface area contributed by atoms with Crippen molar-refractivity contribution in [1.82, 2.24) is 9.55 Å². The van der Waals surface area contributed by atoms with Crippen molar-refractivity contribution >= 4 is 38.9 Å². The van der Waals surface area contributed by atoms with Gasteiger partial charge in [0.2, 0.25) is 0 Å². The van der Waals surface area contributed by atoms with Crippen molar-refractivity contribution in [1.29, 1.82) is 0 Å². The third-order valence-corrected chi connectivity index (χ3v) is 8.15. The lowest BCUT2D eigenvalue weighted by Crippen LogP contribution is -2.25. The van der Waals surface area contributed by atoms with E-state index in [1.54, 1.807) is 0 Å². The number of para-hydroxylation sites is 3. The predicted octanol–water partition coefficient (Wildman–Crippen LogP) is 8.36. The summed E-state index contributed by atoms with van der Waals surface area (Å²) in [6.45, 7) is 4.64. The number of aryl methyl sites for hydroxylation is 1. The monoisotopic (exact) mass is 511 g/mol. The zero-order chi connectivity index (χ0) is 29.2. The minimum atomic E-state index is -2.22. The molecule has 0 amide bonds. The van der Waals surface area contributed by atoms with E-state index >= 15 is 0 Å². The molecule has 6 aromatic rings. The van der Waals surface area contributed by atoms with Gasteiger partial charge in [-0.3, -0.25) is 4.57 Å². The summed E-state index contributed by atoms with van der Waals surface area (Å²) in [6, 6.07) is 35.6. The molecule has 4 nitrogen and oxygen atoms in total. The predicted molar refractivity (Wildman–Crippen MR) is 164 cm³/mol. The topological polar surface area (TPSA) is 24.3 Å². The molecule has 0 radical (unpaired) electrons. The number of hydrogen-bond donors (Lipinski definition) is 0. The van der Waals surface area contributed by atoms with Gasteiger partial charge in [0.05, 0.1) is 29.1 Å². The highest BCUT2D eigenvalue weighted by Crippen LogP contribution is 2.42. The Balaban J connectivity index is 1.34. The van der Waals surface area contributed by atoms with Crippen LogP contribution in [-0.2, 0) is 5.41 Å². The quantitative estimate of drug-likeness (QED) is 0.238. The molecule has 0 fully saturated rings. The SMILES string of the molecule is [2H]C([2H])([2H])N1CN(c2cccc(C(C)(C)c3ccc4c5ccccc5n(-c5cc(C)ccn5)c4c3)c2)c2ccccc21. The Kier molecular flexibility index (Phi) is 4.57. The Hall–Kier alpha value is -4.57. The summed E-state index contributed by atoms with van der Waals surface area (Å²) in [5, 5.41) is 2.40. The fraction of sp³-hybridized carbons (Fsp3) is 0.171. The van der Waals surface area contributed by atoms with E-state index in [1.807, 2.05) is 36.5 Å². The van der Waals surface area contributed by atoms with Gasteiger partial charge in [-0.05, 0) is 72.1 Å². The van der Waals surface area contributed by atoms with Crippen LogP contribution in [0.1, 0.15) is 34.7 Å². The molecule has 0 N–H and O–H groups in total. The maximum Gasteiger partial charge on any atom is 0.137 e. The van der Waals surface area contributed by atoms with Gasteiger partial charge in [-0.1, -0.05) is 68.4 Å². The Labute approximate surface area is 234 Å². The van der Waals surface area contributed by atoms with E-state index in [4.69, 9.17) is 9.10 Å². The van der Waals surface area contributed by atoms with Gasteiger partial charge < -0.3 is 9.80 Å². The molecular formula is C35H32N4. The zero-order valence-electron chi connectivity index (χ0n) is 25.4. The van der Waals surface area contributed by atoms with Crippen LogP contribution in [-0.4, -0.2) is 23.2 Å². The number of nitrogens with zero attached hydrogens (tertiary/aromatic N) is 4. The van der Waals surface area contributed by atoms with Gasteiger partial charge in [0, 0.05) is 39.2 Å². The summed E-state index contributed by atoms with van der Waals surface area (Å²) in [4.78, 5) is 8.32. The molecule has 2 aromatic heterocycles. The van der Waals surface area contributed by atoms with Gasteiger partial charge in [0.25, 0.3) is 0 Å². The molecule has 0 atom stereocenters. The molecule has 1 aliphatic heterocycles. The molecule has 4 heteroatoms. The van der Waals surface area contributed by atoms with Gasteiger partial charge in [-0.25, -0.2) is 4.98 Å². The molecule has 7 rings (SSSR count). The fourth-order valence-electron chi connectivity index (χ4n) is 5.91. The molecule has 4 aromatic carbocycles. The van der Waals surface area contributed by atoms with Gasteiger partial charge in [-0.2, -0.15) is 0 Å². The number of benzene rings is 4. The first-order valence-electron chi connectivity index (χ1n) is 14.8. The van der Waals surface area contributed by atoms with Gasteiger partial charge in [0.15, 0.2) is 0 Å². The highest BCUT2D eigenvalue weighted by Gasteiger charge is 2.28. The molecule has 0 spiro atoms. The summed E-state index contributed by atoms with van der Waals surface area (Å²) in [6.07, 6.45) is 1.87. The van der Waals surface area contributed by atoms with Crippen LogP contribution >= 0.6 is 0 Å². The average Bonchev–Trinajstić information content (AvgIpc) is 3.54. The van der Waals surface area contributed by atoms with Gasteiger partial charge in [0.1, 0.15) is 5.82 Å². The van der Waals surface area contributed by atoms with Crippen molar-refractivity contribution in [2.24, 2.45) is 0 Å². The third-order valence-electron chi connectivity index (χ3n) is 8.15. The standard InChI is InChI=1S/C35H32N4/c1-24-18-19-36-34(20-24)39-30-13-6-5-12-28(30)29-17-16-26(22-33(29)39)35(2,3)25-10-9-11-27(21-25)38-23-37(4)31-14-7-8-15-32(31)38/h5-22H,23H2,1-4H3/i4D3. The highest BCUT2D eigenvalue weighted by molar-refractivity contribution is 6.09. The minimum Gasteiger partial charge on any atom is -0.355 e. The molecule has 0 unspecified atom stereocenters. The summed E-state index contributed by atoms with van der Waals surface area (Å²) >= 11 is 0. The van der Waals surface area contributed by atoms with E-state index in [-0.39, 0.29) is 12.1 Å². The number of anilines is 3. The summed E-state index contributed by atoms with van der Waals surface area (Å²) in [5.41, 5.74) is 8.04. The second-order valence-corrected chi connectivity index (χ2v) is 10.9. The van der Waals surface area contributed by atoms with Crippen LogP contribution in [0, 0.1) is 6.92 Å². The highest BCUT2D eigenvalue weighted by atomic mass is 15.4. The number of fused-ring (bicyclic) bond motifs is 4. The van der Waals surface area contributed by atoms with Crippen molar-refractivity contribution in [3.8, 4) is 5.82 Å². The van der Waals surface area contributed by atoms with Crippen molar-refractivity contribution < 1.29 is 4.11 Å². The van der Waals surface area contributed by atoms with E-state index in [2.05, 4.69) is 103 Å². The Morgan fingerprint density at radius 2 is 1.51 bits per heavy atom. The minimum absolute atomic E-state index is 0.273. The molecule has 0 bridgehead atoms. The average molecular weight is 512 g/mol. The van der Waals surface area contributed by atoms with E-state index in [9.17, 15) is 0 Å². The largest absolute Gasteiger partial charge is 0.355 e. The van der Waals surface area contributed by atoms with Gasteiger partial charge >= 0.3 is 0 Å². The Morgan fingerprint density at radius 1 is 0.744 bits per heavy atom. The van der Waals surface area contributed by atoms with Crippen LogP contribution in [0.15, 0.2) is 109 Å². The molecule has 0 saturated carbocycles. The molecular weight excluding hydrogens is 476 g/mol. The second kappa shape index (κ2) is 8.74. The Morgan fingerprint density at radius 3 is 2.36 bits per heavy atom. The van der Waals surface area contributed by atoms with Gasteiger partial charge in [-0.15, -0.1) is 0 Å². The smallest absolute Gasteiger partial charge is 0.137 e. The van der Waals surface area contributed by atoms with Crippen molar-refractivity contribution in [2.45, 2.75) is 26.2 Å². The zero-order valence-corrected chi connectivity index (χ0v) is 22.4. The summed E-state index contributed by atoms with van der Waals surface area (Å²) in [5.74, 6) is 0.907. The normalized spacial score (nSPS) is 14.9. The lowest BCUT2D eigenvalue weighted by molar-refractivity contribution is 0.641. The molecule has 39 heavy (non-hydrogen) atoms. The van der Waals surface area contributed by atoms with Crippen molar-refractivity contribution in [2.75, 3.05) is 23.4 Å². The molecule has 0 aliphatic carbocycles. The number of aromatic nitrogens is 2. The lowest BCUT2D eigenvalue weighted by atomic mass is 9.77. The summed E-state index contributed by atoms with van der Waals surface area (Å²) < 4.78 is 26.5. The maximum atomic E-state index is 8.09. The molecule has 0 saturated heterocycles. The first kappa shape index (κ1) is 20.4.